The van der Waals surface area contributed by atoms with Gasteiger partial charge in [-0.3, -0.25) is 4.90 Å². The van der Waals surface area contributed by atoms with Crippen molar-refractivity contribution >= 4 is 0 Å². The maximum atomic E-state index is 5.92. The van der Waals surface area contributed by atoms with Crippen LogP contribution in [0.25, 0.3) is 0 Å². The first-order valence-electron chi connectivity index (χ1n) is 12.0. The monoisotopic (exact) mass is 401 g/mol. The van der Waals surface area contributed by atoms with Gasteiger partial charge < -0.3 is 19.3 Å². The Morgan fingerprint density at radius 2 is 0.571 bits per heavy atom. The van der Waals surface area contributed by atoms with E-state index in [2.05, 4.69) is 49.3 Å². The first-order chi connectivity index (χ1) is 13.7. The molecule has 0 saturated carbocycles. The molecule has 0 bridgehead atoms. The van der Waals surface area contributed by atoms with Crippen LogP contribution in [0, 0.1) is 0 Å². The largest absolute Gasteiger partial charge is 0.379 e. The van der Waals surface area contributed by atoms with Crippen LogP contribution < -0.4 is 0 Å². The molecule has 0 amide bonds. The SMILES string of the molecule is CCCN(CCC)CCOCCN(CCC)CCOCCN(CCC)CCC. The van der Waals surface area contributed by atoms with E-state index in [1.54, 1.807) is 0 Å². The second-order valence-corrected chi connectivity index (χ2v) is 7.75. The van der Waals surface area contributed by atoms with Crippen molar-refractivity contribution in [1.29, 1.82) is 0 Å². The highest BCUT2D eigenvalue weighted by Gasteiger charge is 2.06. The number of hydrogen-bond donors (Lipinski definition) is 0. The summed E-state index contributed by atoms with van der Waals surface area (Å²) in [5, 5.41) is 0. The predicted octanol–water partition coefficient (Wildman–Crippen LogP) is 3.98. The van der Waals surface area contributed by atoms with E-state index in [1.807, 2.05) is 0 Å². The minimum Gasteiger partial charge on any atom is -0.379 e. The lowest BCUT2D eigenvalue weighted by Gasteiger charge is -2.24. The van der Waals surface area contributed by atoms with Gasteiger partial charge in [0, 0.05) is 26.2 Å². The summed E-state index contributed by atoms with van der Waals surface area (Å²) in [4.78, 5) is 7.50. The van der Waals surface area contributed by atoms with Crippen molar-refractivity contribution in [3.8, 4) is 0 Å². The van der Waals surface area contributed by atoms with Crippen LogP contribution in [0.3, 0.4) is 0 Å². The predicted molar refractivity (Wildman–Crippen MR) is 122 cm³/mol. The van der Waals surface area contributed by atoms with E-state index >= 15 is 0 Å². The zero-order valence-corrected chi connectivity index (χ0v) is 19.9. The number of ether oxygens (including phenoxy) is 2. The molecule has 0 aliphatic carbocycles. The van der Waals surface area contributed by atoms with E-state index in [4.69, 9.17) is 9.47 Å². The van der Waals surface area contributed by atoms with Crippen molar-refractivity contribution in [3.63, 3.8) is 0 Å². The van der Waals surface area contributed by atoms with Crippen molar-refractivity contribution in [2.24, 2.45) is 0 Å². The summed E-state index contributed by atoms with van der Waals surface area (Å²) in [6, 6.07) is 0. The molecule has 0 aliphatic rings. The van der Waals surface area contributed by atoms with Gasteiger partial charge in [0.05, 0.1) is 26.4 Å². The topological polar surface area (TPSA) is 28.2 Å². The fourth-order valence-corrected chi connectivity index (χ4v) is 3.57. The fraction of sp³-hybridized carbons (Fsp3) is 1.00. The molecule has 170 valence electrons. The summed E-state index contributed by atoms with van der Waals surface area (Å²) < 4.78 is 11.8. The van der Waals surface area contributed by atoms with E-state index in [0.717, 1.165) is 59.2 Å². The van der Waals surface area contributed by atoms with Crippen molar-refractivity contribution in [1.82, 2.24) is 14.7 Å². The summed E-state index contributed by atoms with van der Waals surface area (Å²) in [5.74, 6) is 0. The molecule has 0 spiro atoms. The molecule has 5 heteroatoms. The van der Waals surface area contributed by atoms with Gasteiger partial charge in [-0.1, -0.05) is 34.6 Å². The third kappa shape index (κ3) is 16.7. The lowest BCUT2D eigenvalue weighted by molar-refractivity contribution is 0.0588. The first kappa shape index (κ1) is 27.8. The molecule has 0 atom stereocenters. The number of hydrogen-bond acceptors (Lipinski definition) is 5. The molecule has 0 heterocycles. The molecule has 5 nitrogen and oxygen atoms in total. The molecule has 0 aromatic carbocycles. The van der Waals surface area contributed by atoms with Gasteiger partial charge in [-0.05, 0) is 64.8 Å². The van der Waals surface area contributed by atoms with Crippen molar-refractivity contribution in [2.45, 2.75) is 66.7 Å². The Morgan fingerprint density at radius 3 is 0.786 bits per heavy atom. The third-order valence-corrected chi connectivity index (χ3v) is 4.91. The lowest BCUT2D eigenvalue weighted by atomic mass is 10.3. The highest BCUT2D eigenvalue weighted by Crippen LogP contribution is 1.97. The first-order valence-corrected chi connectivity index (χ1v) is 12.0. The molecule has 0 radical (unpaired) electrons. The van der Waals surface area contributed by atoms with Crippen LogP contribution in [-0.4, -0.2) is 100 Å². The van der Waals surface area contributed by atoms with E-state index in [1.165, 1.54) is 58.3 Å². The van der Waals surface area contributed by atoms with Crippen LogP contribution in [-0.2, 0) is 9.47 Å². The Kier molecular flexibility index (Phi) is 21.4. The molecule has 0 aliphatic heterocycles. The van der Waals surface area contributed by atoms with Gasteiger partial charge in [-0.2, -0.15) is 0 Å². The average molecular weight is 402 g/mol. The minimum atomic E-state index is 0.826. The van der Waals surface area contributed by atoms with Crippen LogP contribution in [0.5, 0.6) is 0 Å². The third-order valence-electron chi connectivity index (χ3n) is 4.91. The lowest BCUT2D eigenvalue weighted by Crippen LogP contribution is -2.34. The molecule has 0 rings (SSSR count). The highest BCUT2D eigenvalue weighted by molar-refractivity contribution is 4.59. The summed E-state index contributed by atoms with van der Waals surface area (Å²) in [5.41, 5.74) is 0. The van der Waals surface area contributed by atoms with Crippen LogP contribution >= 0.6 is 0 Å². The van der Waals surface area contributed by atoms with Gasteiger partial charge in [-0.15, -0.1) is 0 Å². The van der Waals surface area contributed by atoms with Gasteiger partial charge >= 0.3 is 0 Å². The van der Waals surface area contributed by atoms with Gasteiger partial charge in [0.2, 0.25) is 0 Å². The summed E-state index contributed by atoms with van der Waals surface area (Å²) >= 11 is 0. The fourth-order valence-electron chi connectivity index (χ4n) is 3.57. The highest BCUT2D eigenvalue weighted by atomic mass is 16.5. The quantitative estimate of drug-likeness (QED) is 0.256. The summed E-state index contributed by atoms with van der Waals surface area (Å²) in [6.45, 7) is 24.6. The molecule has 0 saturated heterocycles. The second-order valence-electron chi connectivity index (χ2n) is 7.75. The molecule has 0 unspecified atom stereocenters. The van der Waals surface area contributed by atoms with Gasteiger partial charge in [0.15, 0.2) is 0 Å². The van der Waals surface area contributed by atoms with Crippen LogP contribution in [0.15, 0.2) is 0 Å². The maximum Gasteiger partial charge on any atom is 0.0594 e. The smallest absolute Gasteiger partial charge is 0.0594 e. The van der Waals surface area contributed by atoms with Crippen LogP contribution in [0.2, 0.25) is 0 Å². The Bertz CT molecular complexity index is 268. The zero-order valence-electron chi connectivity index (χ0n) is 19.9. The molecular weight excluding hydrogens is 350 g/mol. The average Bonchev–Trinajstić information content (AvgIpc) is 2.67. The number of nitrogens with zero attached hydrogens (tertiary/aromatic N) is 3. The normalized spacial score (nSPS) is 12.0. The van der Waals surface area contributed by atoms with Crippen molar-refractivity contribution < 1.29 is 9.47 Å². The Hall–Kier alpha value is -0.200. The Morgan fingerprint density at radius 1 is 0.357 bits per heavy atom. The summed E-state index contributed by atoms with van der Waals surface area (Å²) in [7, 11) is 0. The van der Waals surface area contributed by atoms with E-state index < -0.39 is 0 Å². The maximum absolute atomic E-state index is 5.92. The molecule has 0 aromatic rings. The molecule has 0 aromatic heterocycles. The van der Waals surface area contributed by atoms with Gasteiger partial charge in [0.25, 0.3) is 0 Å². The van der Waals surface area contributed by atoms with Crippen LogP contribution in [0.1, 0.15) is 66.7 Å². The number of rotatable bonds is 22. The second kappa shape index (κ2) is 21.5. The Balaban J connectivity index is 3.84. The Labute approximate surface area is 176 Å². The van der Waals surface area contributed by atoms with Crippen molar-refractivity contribution in [3.05, 3.63) is 0 Å². The van der Waals surface area contributed by atoms with E-state index in [-0.39, 0.29) is 0 Å². The van der Waals surface area contributed by atoms with Gasteiger partial charge in [0.1, 0.15) is 0 Å². The molecular formula is C23H51N3O2. The van der Waals surface area contributed by atoms with E-state index in [0.29, 0.717) is 0 Å². The van der Waals surface area contributed by atoms with Crippen molar-refractivity contribution in [2.75, 3.05) is 85.3 Å². The van der Waals surface area contributed by atoms with Gasteiger partial charge in [-0.25, -0.2) is 0 Å². The van der Waals surface area contributed by atoms with Crippen LogP contribution in [0.4, 0.5) is 0 Å². The molecule has 0 N–H and O–H groups in total. The summed E-state index contributed by atoms with van der Waals surface area (Å²) in [6.07, 6.45) is 6.07. The van der Waals surface area contributed by atoms with E-state index in [9.17, 15) is 0 Å². The molecule has 28 heavy (non-hydrogen) atoms. The minimum absolute atomic E-state index is 0.826. The molecule has 0 fully saturated rings. The zero-order chi connectivity index (χ0) is 20.9. The standard InChI is InChI=1S/C23H51N3O2/c1-6-11-24(12-7-2)16-20-27-22-18-26(15-10-5)19-23-28-21-17-25(13-8-3)14-9-4/h6-23H2,1-5H3.